The summed E-state index contributed by atoms with van der Waals surface area (Å²) >= 11 is 1.30. The molecule has 0 aliphatic rings. The molecule has 0 saturated carbocycles. The number of carboxylic acid groups (broad SMARTS) is 1. The van der Waals surface area contributed by atoms with E-state index in [1.807, 2.05) is 0 Å². The molecule has 13 heteroatoms. The Balaban J connectivity index is 0.000000351. The number of H-pyrrole nitrogens is 2. The van der Waals surface area contributed by atoms with Crippen LogP contribution in [0, 0.1) is 0 Å². The van der Waals surface area contributed by atoms with E-state index in [1.54, 1.807) is 0 Å². The molecule has 2 aromatic heterocycles. The van der Waals surface area contributed by atoms with E-state index in [0.29, 0.717) is 12.4 Å². The average molecular weight is 368 g/mol. The van der Waals surface area contributed by atoms with Gasteiger partial charge in [-0.2, -0.15) is 22.6 Å². The molecule has 0 amide bonds. The van der Waals surface area contributed by atoms with Crippen LogP contribution in [0.1, 0.15) is 32.4 Å². The van der Waals surface area contributed by atoms with Crippen molar-refractivity contribution in [3.8, 4) is 0 Å². The van der Waals surface area contributed by atoms with Crippen LogP contribution < -0.4 is 11.0 Å². The summed E-state index contributed by atoms with van der Waals surface area (Å²) in [5, 5.41) is 17.0. The molecule has 0 aromatic carbocycles. The van der Waals surface area contributed by atoms with Crippen LogP contribution in [-0.2, 0) is 16.8 Å². The van der Waals surface area contributed by atoms with Crippen molar-refractivity contribution in [1.82, 2.24) is 24.5 Å². The molecule has 2 heterocycles. The predicted molar refractivity (Wildman–Crippen MR) is 78.8 cm³/mol. The fourth-order valence-corrected chi connectivity index (χ4v) is 1.90. The molecule has 2 aromatic rings. The fourth-order valence-electron chi connectivity index (χ4n) is 1.15. The van der Waals surface area contributed by atoms with Crippen molar-refractivity contribution in [2.24, 2.45) is 0 Å². The first kappa shape index (κ1) is 19.6. The number of halogens is 3. The first-order valence-electron chi connectivity index (χ1n) is 6.41. The van der Waals surface area contributed by atoms with Crippen molar-refractivity contribution in [3.63, 3.8) is 0 Å². The van der Waals surface area contributed by atoms with Gasteiger partial charge in [-0.15, -0.1) is 0 Å². The smallest absolute Gasteiger partial charge is 0.475 e. The molecule has 0 unspecified atom stereocenters. The van der Waals surface area contributed by atoms with Crippen molar-refractivity contribution in [3.05, 3.63) is 22.1 Å². The van der Waals surface area contributed by atoms with Gasteiger partial charge in [-0.3, -0.25) is 4.98 Å². The lowest BCUT2D eigenvalue weighted by Crippen LogP contribution is -2.21. The maximum Gasteiger partial charge on any atom is 0.490 e. The number of hydrogen-bond acceptors (Lipinski definition) is 7. The van der Waals surface area contributed by atoms with E-state index in [1.165, 1.54) is 11.5 Å². The molecule has 4 N–H and O–H groups in total. The molecule has 24 heavy (non-hydrogen) atoms. The van der Waals surface area contributed by atoms with Crippen LogP contribution in [0.5, 0.6) is 0 Å². The number of carboxylic acids is 1. The third kappa shape index (κ3) is 6.36. The Labute approximate surface area is 137 Å². The van der Waals surface area contributed by atoms with Gasteiger partial charge in [0.1, 0.15) is 11.6 Å². The van der Waals surface area contributed by atoms with Gasteiger partial charge in [0.05, 0.1) is 6.54 Å². The molecule has 0 saturated heterocycles. The van der Waals surface area contributed by atoms with E-state index in [2.05, 4.69) is 50.6 Å². The zero-order valence-electron chi connectivity index (χ0n) is 12.9. The van der Waals surface area contributed by atoms with Crippen LogP contribution >= 0.6 is 11.5 Å². The van der Waals surface area contributed by atoms with E-state index >= 15 is 0 Å². The number of hydrogen-bond donors (Lipinski definition) is 4. The second-order valence-corrected chi connectivity index (χ2v) is 6.21. The summed E-state index contributed by atoms with van der Waals surface area (Å²) in [6.07, 6.45) is -5.08. The number of nitrogens with one attached hydrogen (secondary N) is 3. The summed E-state index contributed by atoms with van der Waals surface area (Å²) in [5.74, 6) is -1.41. The maximum absolute atomic E-state index is 10.8. The van der Waals surface area contributed by atoms with E-state index in [4.69, 9.17) is 9.90 Å². The average Bonchev–Trinajstić information content (AvgIpc) is 3.04. The van der Waals surface area contributed by atoms with Gasteiger partial charge in [-0.25, -0.2) is 19.7 Å². The summed E-state index contributed by atoms with van der Waals surface area (Å²) in [7, 11) is 0. The van der Waals surface area contributed by atoms with Crippen molar-refractivity contribution in [1.29, 1.82) is 0 Å². The second kappa shape index (κ2) is 7.42. The van der Waals surface area contributed by atoms with Crippen molar-refractivity contribution in [2.75, 3.05) is 5.32 Å². The molecule has 2 rings (SSSR count). The van der Waals surface area contributed by atoms with Gasteiger partial charge in [0.15, 0.2) is 0 Å². The molecule has 0 aliphatic carbocycles. The van der Waals surface area contributed by atoms with E-state index in [0.717, 1.165) is 11.0 Å². The zero-order valence-corrected chi connectivity index (χ0v) is 13.7. The quantitative estimate of drug-likeness (QED) is 0.644. The largest absolute Gasteiger partial charge is 0.490 e. The highest BCUT2D eigenvalue weighted by Gasteiger charge is 2.38. The normalized spacial score (nSPS) is 11.6. The zero-order chi connectivity index (χ0) is 18.5. The molecule has 0 aliphatic heterocycles. The minimum atomic E-state index is -5.08. The van der Waals surface area contributed by atoms with Gasteiger partial charge in [-0.05, 0) is 0 Å². The molecular formula is C11H15F3N6O3S. The molecule has 0 atom stereocenters. The van der Waals surface area contributed by atoms with Crippen LogP contribution in [0.3, 0.4) is 0 Å². The molecule has 0 radical (unpaired) electrons. The van der Waals surface area contributed by atoms with Crippen LogP contribution in [0.15, 0.2) is 4.79 Å². The molecule has 0 fully saturated rings. The summed E-state index contributed by atoms with van der Waals surface area (Å²) in [5.41, 5.74) is -0.369. The number of anilines is 1. The summed E-state index contributed by atoms with van der Waals surface area (Å²) in [6.45, 7) is 6.59. The molecule has 134 valence electrons. The standard InChI is InChI=1S/C9H14N6OS.C2HF3O2/c1-9(2,3)6-12-8(17-15-6)10-4-5-11-7(16)14-13-5;3-2(4,5)1(6)7/h4H2,1-3H3,(H,10,12,15)(H2,11,13,14,16);(H,6,7). The Kier molecular flexibility index (Phi) is 6.06. The number of rotatable bonds is 3. The lowest BCUT2D eigenvalue weighted by molar-refractivity contribution is -0.192. The molecule has 9 nitrogen and oxygen atoms in total. The van der Waals surface area contributed by atoms with Crippen LogP contribution in [-0.4, -0.2) is 41.8 Å². The first-order chi connectivity index (χ1) is 10.9. The number of aliphatic carboxylic acids is 1. The van der Waals surface area contributed by atoms with Crippen molar-refractivity contribution >= 4 is 22.6 Å². The Morgan fingerprint density at radius 3 is 2.29 bits per heavy atom. The Bertz CT molecular complexity index is 730. The highest BCUT2D eigenvalue weighted by Crippen LogP contribution is 2.22. The number of aromatic amines is 2. The van der Waals surface area contributed by atoms with Gasteiger partial charge in [0.2, 0.25) is 5.13 Å². The SMILES string of the molecule is CC(C)(C)c1nsc(NCc2n[nH]c(=O)[nH]2)n1.O=C(O)C(F)(F)F. The summed E-state index contributed by atoms with van der Waals surface area (Å²) in [4.78, 5) is 26.6. The minimum Gasteiger partial charge on any atom is -0.475 e. The van der Waals surface area contributed by atoms with E-state index in [-0.39, 0.29) is 11.1 Å². The third-order valence-electron chi connectivity index (χ3n) is 2.30. The third-order valence-corrected chi connectivity index (χ3v) is 2.97. The number of nitrogens with zero attached hydrogens (tertiary/aromatic N) is 3. The monoisotopic (exact) mass is 368 g/mol. The van der Waals surface area contributed by atoms with E-state index in [9.17, 15) is 18.0 Å². The highest BCUT2D eigenvalue weighted by atomic mass is 32.1. The van der Waals surface area contributed by atoms with Gasteiger partial charge >= 0.3 is 17.8 Å². The highest BCUT2D eigenvalue weighted by molar-refractivity contribution is 7.09. The minimum absolute atomic E-state index is 0.0585. The number of alkyl halides is 3. The number of carbonyl (C=O) groups is 1. The second-order valence-electron chi connectivity index (χ2n) is 5.45. The van der Waals surface area contributed by atoms with Gasteiger partial charge in [0.25, 0.3) is 0 Å². The van der Waals surface area contributed by atoms with Crippen molar-refractivity contribution in [2.45, 2.75) is 38.9 Å². The predicted octanol–water partition coefficient (Wildman–Crippen LogP) is 1.49. The van der Waals surface area contributed by atoms with Gasteiger partial charge in [0, 0.05) is 16.9 Å². The molecule has 0 spiro atoms. The van der Waals surface area contributed by atoms with Crippen LogP contribution in [0.4, 0.5) is 18.3 Å². The topological polar surface area (TPSA) is 137 Å². The van der Waals surface area contributed by atoms with Crippen LogP contribution in [0.2, 0.25) is 0 Å². The fraction of sp³-hybridized carbons (Fsp3) is 0.545. The first-order valence-corrected chi connectivity index (χ1v) is 7.18. The molecular weight excluding hydrogens is 353 g/mol. The lowest BCUT2D eigenvalue weighted by atomic mass is 9.96. The van der Waals surface area contributed by atoms with Gasteiger partial charge in [-0.1, -0.05) is 20.8 Å². The van der Waals surface area contributed by atoms with Crippen molar-refractivity contribution < 1.29 is 23.1 Å². The van der Waals surface area contributed by atoms with Gasteiger partial charge < -0.3 is 10.4 Å². The summed E-state index contributed by atoms with van der Waals surface area (Å²) < 4.78 is 36.0. The number of aromatic nitrogens is 5. The lowest BCUT2D eigenvalue weighted by Gasteiger charge is -2.12. The van der Waals surface area contributed by atoms with Crippen LogP contribution in [0.25, 0.3) is 0 Å². The Morgan fingerprint density at radius 1 is 1.33 bits per heavy atom. The molecule has 0 bridgehead atoms. The Hall–Kier alpha value is -2.44. The maximum atomic E-state index is 10.8. The van der Waals surface area contributed by atoms with E-state index < -0.39 is 12.1 Å². The Morgan fingerprint density at radius 2 is 1.92 bits per heavy atom. The summed E-state index contributed by atoms with van der Waals surface area (Å²) in [6, 6.07) is 0.